The molecule has 0 aliphatic rings. The number of hydrogen-bond donors (Lipinski definition) is 1. The Balaban J connectivity index is 1.64. The first-order chi connectivity index (χ1) is 11.2. The lowest BCUT2D eigenvalue weighted by Crippen LogP contribution is -1.86. The van der Waals surface area contributed by atoms with Gasteiger partial charge in [0, 0.05) is 11.3 Å². The number of hydrogen-bond acceptors (Lipinski definition) is 4. The highest BCUT2D eigenvalue weighted by molar-refractivity contribution is 8.01. The Kier molecular flexibility index (Phi) is 5.10. The Morgan fingerprint density at radius 1 is 1.09 bits per heavy atom. The minimum atomic E-state index is -0.261. The van der Waals surface area contributed by atoms with Gasteiger partial charge < -0.3 is 5.73 Å². The van der Waals surface area contributed by atoms with E-state index in [-0.39, 0.29) is 5.82 Å². The van der Waals surface area contributed by atoms with Crippen LogP contribution in [0.25, 0.3) is 17.3 Å². The molecule has 2 N–H and O–H groups in total. The predicted molar refractivity (Wildman–Crippen MR) is 98.1 cm³/mol. The molecule has 0 aliphatic carbocycles. The van der Waals surface area contributed by atoms with E-state index in [4.69, 9.17) is 5.73 Å². The van der Waals surface area contributed by atoms with Gasteiger partial charge in [0.2, 0.25) is 0 Å². The largest absolute Gasteiger partial charge is 0.389 e. The minimum absolute atomic E-state index is 0.261. The van der Waals surface area contributed by atoms with Gasteiger partial charge in [-0.15, -0.1) is 0 Å². The second-order valence-corrected chi connectivity index (χ2v) is 7.12. The van der Waals surface area contributed by atoms with E-state index in [1.54, 1.807) is 23.9 Å². The summed E-state index contributed by atoms with van der Waals surface area (Å²) in [5.74, 6) is 0.563. The van der Waals surface area contributed by atoms with Crippen molar-refractivity contribution in [1.82, 2.24) is 4.98 Å². The van der Waals surface area contributed by atoms with Gasteiger partial charge in [0.15, 0.2) is 4.34 Å². The molecule has 1 aromatic heterocycles. The number of halogens is 1. The quantitative estimate of drug-likeness (QED) is 0.636. The maximum atomic E-state index is 13.0. The molecule has 0 amide bonds. The van der Waals surface area contributed by atoms with Crippen LogP contribution in [0.2, 0.25) is 0 Å². The highest BCUT2D eigenvalue weighted by Gasteiger charge is 2.10. The summed E-state index contributed by atoms with van der Waals surface area (Å²) < 4.78 is 13.9. The molecule has 3 rings (SSSR count). The van der Waals surface area contributed by atoms with E-state index in [2.05, 4.69) is 29.3 Å². The predicted octanol–water partition coefficient (Wildman–Crippen LogP) is 5.34. The summed E-state index contributed by atoms with van der Waals surface area (Å²) in [6.07, 6.45) is 4.19. The lowest BCUT2D eigenvalue weighted by Gasteiger charge is -1.97. The summed E-state index contributed by atoms with van der Waals surface area (Å²) in [6.45, 7) is 0. The summed E-state index contributed by atoms with van der Waals surface area (Å²) in [5, 5.41) is 0.658. The summed E-state index contributed by atoms with van der Waals surface area (Å²) in [5.41, 5.74) is 8.78. The molecule has 0 saturated heterocycles. The molecule has 0 radical (unpaired) electrons. The van der Waals surface area contributed by atoms with Gasteiger partial charge in [-0.3, -0.25) is 0 Å². The van der Waals surface area contributed by atoms with Gasteiger partial charge in [-0.25, -0.2) is 9.37 Å². The number of thiazole rings is 1. The Labute approximate surface area is 142 Å². The highest BCUT2D eigenvalue weighted by atomic mass is 32.2. The zero-order chi connectivity index (χ0) is 16.1. The maximum absolute atomic E-state index is 13.0. The van der Waals surface area contributed by atoms with Crippen molar-refractivity contribution in [3.63, 3.8) is 0 Å². The molecule has 116 valence electrons. The molecule has 0 aliphatic heterocycles. The van der Waals surface area contributed by atoms with Gasteiger partial charge in [-0.1, -0.05) is 65.6 Å². The lowest BCUT2D eigenvalue weighted by molar-refractivity contribution is 0.628. The van der Waals surface area contributed by atoms with Crippen molar-refractivity contribution < 1.29 is 4.39 Å². The van der Waals surface area contributed by atoms with E-state index in [1.807, 2.05) is 18.2 Å². The minimum Gasteiger partial charge on any atom is -0.389 e. The fourth-order valence-corrected chi connectivity index (χ4v) is 3.84. The van der Waals surface area contributed by atoms with Crippen LogP contribution < -0.4 is 5.73 Å². The topological polar surface area (TPSA) is 38.9 Å². The third-order valence-electron chi connectivity index (χ3n) is 3.16. The number of anilines is 1. The van der Waals surface area contributed by atoms with Crippen LogP contribution in [-0.2, 0) is 0 Å². The third kappa shape index (κ3) is 4.21. The molecular formula is C18H15FN2S2. The van der Waals surface area contributed by atoms with E-state index >= 15 is 0 Å². The van der Waals surface area contributed by atoms with E-state index in [0.717, 1.165) is 21.3 Å². The molecule has 0 fully saturated rings. The van der Waals surface area contributed by atoms with Crippen LogP contribution in [0.5, 0.6) is 0 Å². The summed E-state index contributed by atoms with van der Waals surface area (Å²) >= 11 is 3.10. The molecule has 0 bridgehead atoms. The van der Waals surface area contributed by atoms with Crippen LogP contribution >= 0.6 is 23.1 Å². The molecule has 2 nitrogen and oxygen atoms in total. The summed E-state index contributed by atoms with van der Waals surface area (Å²) in [6, 6.07) is 16.4. The standard InChI is InChI=1S/C18H15FN2S2/c19-15-10-8-14(9-11-15)16-17(20)23-18(21-16)22-12-4-7-13-5-2-1-3-6-13/h1-11H,12,20H2. The zero-order valence-corrected chi connectivity index (χ0v) is 13.9. The molecule has 5 heteroatoms. The number of nitrogens with zero attached hydrogens (tertiary/aromatic N) is 1. The van der Waals surface area contributed by atoms with Gasteiger partial charge in [-0.05, 0) is 29.8 Å². The molecule has 3 aromatic rings. The average Bonchev–Trinajstić information content (AvgIpc) is 2.94. The normalized spacial score (nSPS) is 11.2. The van der Waals surface area contributed by atoms with E-state index in [9.17, 15) is 4.39 Å². The Bertz CT molecular complexity index is 796. The van der Waals surface area contributed by atoms with Crippen molar-refractivity contribution in [3.8, 4) is 11.3 Å². The van der Waals surface area contributed by atoms with E-state index in [0.29, 0.717) is 5.00 Å². The van der Waals surface area contributed by atoms with Crippen molar-refractivity contribution in [2.75, 3.05) is 11.5 Å². The monoisotopic (exact) mass is 342 g/mol. The number of aromatic nitrogens is 1. The van der Waals surface area contributed by atoms with Crippen molar-refractivity contribution in [3.05, 3.63) is 72.1 Å². The maximum Gasteiger partial charge on any atom is 0.152 e. The fourth-order valence-electron chi connectivity index (χ4n) is 2.06. The van der Waals surface area contributed by atoms with Crippen LogP contribution in [0.4, 0.5) is 9.39 Å². The lowest BCUT2D eigenvalue weighted by atomic mass is 10.2. The van der Waals surface area contributed by atoms with Crippen LogP contribution in [0.15, 0.2) is 65.0 Å². The molecule has 23 heavy (non-hydrogen) atoms. The number of rotatable bonds is 5. The van der Waals surface area contributed by atoms with Crippen LogP contribution in [0.3, 0.4) is 0 Å². The first-order valence-electron chi connectivity index (χ1n) is 7.09. The van der Waals surface area contributed by atoms with Gasteiger partial charge in [0.1, 0.15) is 16.5 Å². The van der Waals surface area contributed by atoms with Crippen LogP contribution in [-0.4, -0.2) is 10.7 Å². The molecule has 0 unspecified atom stereocenters. The van der Waals surface area contributed by atoms with Gasteiger partial charge in [0.05, 0.1) is 0 Å². The number of nitrogen functional groups attached to an aromatic ring is 1. The first kappa shape index (κ1) is 15.8. The van der Waals surface area contributed by atoms with E-state index in [1.165, 1.54) is 29.0 Å². The molecule has 0 atom stereocenters. The first-order valence-corrected chi connectivity index (χ1v) is 8.89. The second-order valence-electron chi connectivity index (χ2n) is 4.82. The SMILES string of the molecule is Nc1sc(SCC=Cc2ccccc2)nc1-c1ccc(F)cc1. The van der Waals surface area contributed by atoms with Crippen molar-refractivity contribution in [2.45, 2.75) is 4.34 Å². The Morgan fingerprint density at radius 2 is 1.83 bits per heavy atom. The molecule has 2 aromatic carbocycles. The number of nitrogens with two attached hydrogens (primary N) is 1. The van der Waals surface area contributed by atoms with Crippen LogP contribution in [0, 0.1) is 5.82 Å². The van der Waals surface area contributed by atoms with E-state index < -0.39 is 0 Å². The summed E-state index contributed by atoms with van der Waals surface area (Å²) in [7, 11) is 0. The van der Waals surface area contributed by atoms with Gasteiger partial charge in [-0.2, -0.15) is 0 Å². The Hall–Kier alpha value is -2.11. The van der Waals surface area contributed by atoms with Crippen molar-refractivity contribution >= 4 is 34.2 Å². The van der Waals surface area contributed by atoms with Gasteiger partial charge >= 0.3 is 0 Å². The average molecular weight is 342 g/mol. The zero-order valence-electron chi connectivity index (χ0n) is 12.3. The fraction of sp³-hybridized carbons (Fsp3) is 0.0556. The molecule has 0 saturated carbocycles. The second kappa shape index (κ2) is 7.44. The van der Waals surface area contributed by atoms with Crippen molar-refractivity contribution in [2.24, 2.45) is 0 Å². The summed E-state index contributed by atoms with van der Waals surface area (Å²) in [4.78, 5) is 4.55. The third-order valence-corrected chi connectivity index (χ3v) is 5.14. The number of thioether (sulfide) groups is 1. The molecule has 0 spiro atoms. The van der Waals surface area contributed by atoms with Crippen LogP contribution in [0.1, 0.15) is 5.56 Å². The highest BCUT2D eigenvalue weighted by Crippen LogP contribution is 2.35. The molecule has 1 heterocycles. The smallest absolute Gasteiger partial charge is 0.152 e. The molecular weight excluding hydrogens is 327 g/mol. The van der Waals surface area contributed by atoms with Gasteiger partial charge in [0.25, 0.3) is 0 Å². The Morgan fingerprint density at radius 3 is 2.57 bits per heavy atom. The number of benzene rings is 2. The van der Waals surface area contributed by atoms with Crippen molar-refractivity contribution in [1.29, 1.82) is 0 Å².